The molecule has 112 valence electrons. The number of carboxylic acid groups (broad SMARTS) is 1. The highest BCUT2D eigenvalue weighted by atomic mass is 32.2. The third kappa shape index (κ3) is 4.33. The molecule has 0 bridgehead atoms. The van der Waals surface area contributed by atoms with Crippen LogP contribution >= 0.6 is 23.1 Å². The van der Waals surface area contributed by atoms with Crippen LogP contribution < -0.4 is 5.69 Å². The molecular formula is C13H15N3O3S2. The third-order valence-electron chi connectivity index (χ3n) is 2.59. The van der Waals surface area contributed by atoms with Gasteiger partial charge in [-0.05, 0) is 24.6 Å². The summed E-state index contributed by atoms with van der Waals surface area (Å²) in [7, 11) is 0. The number of aromatic nitrogens is 3. The Morgan fingerprint density at radius 1 is 1.57 bits per heavy atom. The second kappa shape index (κ2) is 7.28. The molecule has 8 heteroatoms. The highest BCUT2D eigenvalue weighted by molar-refractivity contribution is 7.98. The Bertz CT molecular complexity index is 700. The summed E-state index contributed by atoms with van der Waals surface area (Å²) in [6.07, 6.45) is 3.56. The van der Waals surface area contributed by atoms with Gasteiger partial charge in [0, 0.05) is 28.1 Å². The maximum atomic E-state index is 11.6. The van der Waals surface area contributed by atoms with Gasteiger partial charge in [0.05, 0.1) is 0 Å². The smallest absolute Gasteiger partial charge is 0.343 e. The molecule has 0 radical (unpaired) electrons. The molecule has 0 aliphatic rings. The van der Waals surface area contributed by atoms with Gasteiger partial charge in [-0.1, -0.05) is 18.7 Å². The molecule has 2 aromatic rings. The van der Waals surface area contributed by atoms with Crippen LogP contribution in [0.3, 0.4) is 0 Å². The molecule has 0 saturated heterocycles. The lowest BCUT2D eigenvalue weighted by atomic mass is 10.4. The molecule has 0 aliphatic carbocycles. The quantitative estimate of drug-likeness (QED) is 0.603. The molecule has 0 saturated carbocycles. The molecule has 2 aromatic heterocycles. The van der Waals surface area contributed by atoms with Gasteiger partial charge in [0.25, 0.3) is 0 Å². The number of thioether (sulfide) groups is 1. The number of aliphatic carboxylic acids is 1. The molecule has 21 heavy (non-hydrogen) atoms. The first-order valence-electron chi connectivity index (χ1n) is 6.38. The Kier molecular flexibility index (Phi) is 5.40. The standard InChI is InChI=1S/C13H15N3O3S2/c1-2-7-16-12(19)14-15-13(16)20-8-10-4-3-9(21-10)5-6-11(17)18/h3-6H,2,7-8H2,1H3,(H,14,19)(H,17,18). The van der Waals surface area contributed by atoms with Crippen LogP contribution in [-0.2, 0) is 17.1 Å². The highest BCUT2D eigenvalue weighted by Gasteiger charge is 2.09. The summed E-state index contributed by atoms with van der Waals surface area (Å²) in [5.41, 5.74) is -0.185. The van der Waals surface area contributed by atoms with Crippen molar-refractivity contribution in [3.63, 3.8) is 0 Å². The number of thiophene rings is 1. The van der Waals surface area contributed by atoms with Gasteiger partial charge in [-0.25, -0.2) is 14.7 Å². The van der Waals surface area contributed by atoms with E-state index in [1.807, 2.05) is 19.1 Å². The van der Waals surface area contributed by atoms with Crippen LogP contribution in [0.4, 0.5) is 0 Å². The molecule has 2 N–H and O–H groups in total. The van der Waals surface area contributed by atoms with Crippen LogP contribution in [0, 0.1) is 0 Å². The summed E-state index contributed by atoms with van der Waals surface area (Å²) in [5.74, 6) is -0.265. The predicted octanol–water partition coefficient (Wildman–Crippen LogP) is 2.43. The van der Waals surface area contributed by atoms with Crippen molar-refractivity contribution in [1.82, 2.24) is 14.8 Å². The molecular weight excluding hydrogens is 310 g/mol. The minimum Gasteiger partial charge on any atom is -0.478 e. The van der Waals surface area contributed by atoms with Gasteiger partial charge in [-0.15, -0.1) is 16.4 Å². The van der Waals surface area contributed by atoms with Gasteiger partial charge in [0.2, 0.25) is 0 Å². The molecule has 0 unspecified atom stereocenters. The Balaban J connectivity index is 2.00. The fourth-order valence-corrected chi connectivity index (χ4v) is 3.62. The first kappa shape index (κ1) is 15.6. The summed E-state index contributed by atoms with van der Waals surface area (Å²) in [4.78, 5) is 24.0. The number of nitrogens with zero attached hydrogens (tertiary/aromatic N) is 2. The van der Waals surface area contributed by atoms with Crippen molar-refractivity contribution in [2.45, 2.75) is 30.8 Å². The van der Waals surface area contributed by atoms with Crippen LogP contribution in [0.1, 0.15) is 23.1 Å². The molecule has 0 fully saturated rings. The summed E-state index contributed by atoms with van der Waals surface area (Å²) in [6.45, 7) is 2.66. The lowest BCUT2D eigenvalue weighted by molar-refractivity contribution is -0.131. The Hall–Kier alpha value is -1.80. The molecule has 0 spiro atoms. The average Bonchev–Trinajstić information content (AvgIpc) is 3.03. The van der Waals surface area contributed by atoms with Crippen molar-refractivity contribution in [2.24, 2.45) is 0 Å². The lowest BCUT2D eigenvalue weighted by Gasteiger charge is -2.02. The van der Waals surface area contributed by atoms with Crippen LogP contribution in [-0.4, -0.2) is 25.8 Å². The van der Waals surface area contributed by atoms with Gasteiger partial charge in [-0.2, -0.15) is 0 Å². The maximum Gasteiger partial charge on any atom is 0.343 e. The molecule has 0 atom stereocenters. The molecule has 6 nitrogen and oxygen atoms in total. The minimum atomic E-state index is -0.959. The van der Waals surface area contributed by atoms with Crippen LogP contribution in [0.15, 0.2) is 28.2 Å². The molecule has 0 aliphatic heterocycles. The number of carbonyl (C=O) groups is 1. The number of aromatic amines is 1. The minimum absolute atomic E-state index is 0.185. The fourth-order valence-electron chi connectivity index (χ4n) is 1.68. The topological polar surface area (TPSA) is 88.0 Å². The van der Waals surface area contributed by atoms with Crippen LogP contribution in [0.25, 0.3) is 6.08 Å². The van der Waals surface area contributed by atoms with Crippen LogP contribution in [0.2, 0.25) is 0 Å². The van der Waals surface area contributed by atoms with Crippen molar-refractivity contribution in [3.8, 4) is 0 Å². The van der Waals surface area contributed by atoms with E-state index in [4.69, 9.17) is 5.11 Å². The summed E-state index contributed by atoms with van der Waals surface area (Å²) in [6, 6.07) is 3.83. The van der Waals surface area contributed by atoms with Crippen molar-refractivity contribution in [1.29, 1.82) is 0 Å². The molecule has 2 rings (SSSR count). The lowest BCUT2D eigenvalue weighted by Crippen LogP contribution is -2.17. The molecule has 2 heterocycles. The van der Waals surface area contributed by atoms with Crippen LogP contribution in [0.5, 0.6) is 0 Å². The van der Waals surface area contributed by atoms with Gasteiger partial charge >= 0.3 is 11.7 Å². The average molecular weight is 325 g/mol. The number of H-pyrrole nitrogens is 1. The van der Waals surface area contributed by atoms with Crippen molar-refractivity contribution >= 4 is 35.1 Å². The third-order valence-corrected chi connectivity index (χ3v) is 4.85. The van der Waals surface area contributed by atoms with E-state index in [1.54, 1.807) is 10.6 Å². The number of carboxylic acids is 1. The van der Waals surface area contributed by atoms with E-state index in [-0.39, 0.29) is 5.69 Å². The number of rotatable bonds is 7. The first-order chi connectivity index (χ1) is 10.1. The fraction of sp³-hybridized carbons (Fsp3) is 0.308. The maximum absolute atomic E-state index is 11.6. The van der Waals surface area contributed by atoms with E-state index in [0.717, 1.165) is 22.3 Å². The van der Waals surface area contributed by atoms with E-state index in [2.05, 4.69) is 10.2 Å². The summed E-state index contributed by atoms with van der Waals surface area (Å²) in [5, 5.41) is 15.7. The Morgan fingerprint density at radius 3 is 3.10 bits per heavy atom. The van der Waals surface area contributed by atoms with Crippen molar-refractivity contribution in [2.75, 3.05) is 0 Å². The zero-order valence-corrected chi connectivity index (χ0v) is 13.0. The largest absolute Gasteiger partial charge is 0.478 e. The molecule has 0 aromatic carbocycles. The zero-order valence-electron chi connectivity index (χ0n) is 11.4. The number of hydrogen-bond donors (Lipinski definition) is 2. The second-order valence-electron chi connectivity index (χ2n) is 4.23. The van der Waals surface area contributed by atoms with Crippen molar-refractivity contribution < 1.29 is 9.90 Å². The molecule has 0 amide bonds. The normalized spacial score (nSPS) is 11.3. The SMILES string of the molecule is CCCn1c(SCc2ccc(C=CC(=O)O)s2)n[nH]c1=O. The van der Waals surface area contributed by atoms with Crippen molar-refractivity contribution in [3.05, 3.63) is 38.4 Å². The first-order valence-corrected chi connectivity index (χ1v) is 8.18. The Labute approximate surface area is 129 Å². The van der Waals surface area contributed by atoms with E-state index >= 15 is 0 Å². The van der Waals surface area contributed by atoms with E-state index in [0.29, 0.717) is 17.5 Å². The van der Waals surface area contributed by atoms with Gasteiger partial charge < -0.3 is 5.11 Å². The predicted molar refractivity (Wildman–Crippen MR) is 83.7 cm³/mol. The zero-order chi connectivity index (χ0) is 15.2. The van der Waals surface area contributed by atoms with Gasteiger partial charge in [0.1, 0.15) is 0 Å². The monoisotopic (exact) mass is 325 g/mol. The van der Waals surface area contributed by atoms with E-state index in [9.17, 15) is 9.59 Å². The van der Waals surface area contributed by atoms with E-state index < -0.39 is 5.97 Å². The van der Waals surface area contributed by atoms with E-state index in [1.165, 1.54) is 23.1 Å². The second-order valence-corrected chi connectivity index (χ2v) is 6.37. The highest BCUT2D eigenvalue weighted by Crippen LogP contribution is 2.25. The van der Waals surface area contributed by atoms with Gasteiger partial charge in [-0.3, -0.25) is 4.57 Å². The summed E-state index contributed by atoms with van der Waals surface area (Å²) >= 11 is 3.01. The Morgan fingerprint density at radius 2 is 2.38 bits per heavy atom. The number of nitrogens with one attached hydrogen (secondary N) is 1. The summed E-state index contributed by atoms with van der Waals surface area (Å²) < 4.78 is 1.63. The number of hydrogen-bond acceptors (Lipinski definition) is 5. The van der Waals surface area contributed by atoms with Gasteiger partial charge in [0.15, 0.2) is 5.16 Å².